The van der Waals surface area contributed by atoms with Crippen molar-refractivity contribution in [3.05, 3.63) is 41.1 Å². The van der Waals surface area contributed by atoms with Gasteiger partial charge >= 0.3 is 5.97 Å². The summed E-state index contributed by atoms with van der Waals surface area (Å²) >= 11 is 0. The van der Waals surface area contributed by atoms with Gasteiger partial charge in [0.1, 0.15) is 0 Å². The van der Waals surface area contributed by atoms with Gasteiger partial charge in [-0.15, -0.1) is 0 Å². The summed E-state index contributed by atoms with van der Waals surface area (Å²) in [6.45, 7) is 1.77. The van der Waals surface area contributed by atoms with Crippen LogP contribution >= 0.6 is 0 Å². The van der Waals surface area contributed by atoms with Crippen molar-refractivity contribution >= 4 is 22.8 Å². The average molecular weight is 328 g/mol. The van der Waals surface area contributed by atoms with Crippen LogP contribution in [0.5, 0.6) is 0 Å². The SMILES string of the molecule is COCc1nc2ccccc2c(C)c1C(=O)OCC(=O)NC1CC1. The molecule has 6 nitrogen and oxygen atoms in total. The molecule has 0 radical (unpaired) electrons. The number of ether oxygens (including phenoxy) is 2. The van der Waals surface area contributed by atoms with E-state index in [4.69, 9.17) is 9.47 Å². The molecule has 1 fully saturated rings. The molecule has 24 heavy (non-hydrogen) atoms. The third-order valence-electron chi connectivity index (χ3n) is 3.99. The molecule has 126 valence electrons. The lowest BCUT2D eigenvalue weighted by atomic mass is 10.0. The average Bonchev–Trinajstić information content (AvgIpc) is 3.37. The molecule has 1 aliphatic rings. The smallest absolute Gasteiger partial charge is 0.340 e. The number of carbonyl (C=O) groups is 2. The fourth-order valence-corrected chi connectivity index (χ4v) is 2.65. The van der Waals surface area contributed by atoms with Gasteiger partial charge in [-0.05, 0) is 31.4 Å². The Balaban J connectivity index is 1.85. The Morgan fingerprint density at radius 3 is 2.75 bits per heavy atom. The zero-order chi connectivity index (χ0) is 17.1. The van der Waals surface area contributed by atoms with E-state index < -0.39 is 5.97 Å². The zero-order valence-corrected chi connectivity index (χ0v) is 13.8. The molecule has 0 saturated heterocycles. The topological polar surface area (TPSA) is 77.5 Å². The van der Waals surface area contributed by atoms with E-state index in [0.29, 0.717) is 11.3 Å². The fraction of sp³-hybridized carbons (Fsp3) is 0.389. The molecule has 2 aromatic rings. The highest BCUT2D eigenvalue weighted by Gasteiger charge is 2.25. The Hall–Kier alpha value is -2.47. The summed E-state index contributed by atoms with van der Waals surface area (Å²) < 4.78 is 10.3. The molecule has 3 rings (SSSR count). The van der Waals surface area contributed by atoms with Gasteiger partial charge in [0.05, 0.1) is 23.4 Å². The third-order valence-corrected chi connectivity index (χ3v) is 3.99. The Bertz CT molecular complexity index is 784. The standard InChI is InChI=1S/C18H20N2O4/c1-11-13-5-3-4-6-14(13)20-15(9-23-2)17(11)18(22)24-10-16(21)19-12-7-8-12/h3-6,12H,7-10H2,1-2H3,(H,19,21). The molecule has 6 heteroatoms. The van der Waals surface area contributed by atoms with E-state index in [-0.39, 0.29) is 25.2 Å². The molecule has 0 aliphatic heterocycles. The Kier molecular flexibility index (Phi) is 4.76. The van der Waals surface area contributed by atoms with Gasteiger partial charge in [-0.25, -0.2) is 9.78 Å². The Morgan fingerprint density at radius 1 is 1.29 bits per heavy atom. The highest BCUT2D eigenvalue weighted by Crippen LogP contribution is 2.24. The highest BCUT2D eigenvalue weighted by atomic mass is 16.5. The van der Waals surface area contributed by atoms with E-state index in [1.807, 2.05) is 31.2 Å². The van der Waals surface area contributed by atoms with Crippen LogP contribution in [0.1, 0.15) is 34.5 Å². The minimum Gasteiger partial charge on any atom is -0.452 e. The first kappa shape index (κ1) is 16.4. The van der Waals surface area contributed by atoms with Crippen LogP contribution in [0.4, 0.5) is 0 Å². The lowest BCUT2D eigenvalue weighted by molar-refractivity contribution is -0.124. The molecule has 1 N–H and O–H groups in total. The Labute approximate surface area is 140 Å². The molecule has 1 saturated carbocycles. The molecule has 1 aromatic heterocycles. The van der Waals surface area contributed by atoms with Crippen LogP contribution in [0, 0.1) is 6.92 Å². The van der Waals surface area contributed by atoms with Gasteiger partial charge in [-0.2, -0.15) is 0 Å². The van der Waals surface area contributed by atoms with Crippen molar-refractivity contribution in [3.8, 4) is 0 Å². The lowest BCUT2D eigenvalue weighted by Gasteiger charge is -2.13. The molecule has 0 bridgehead atoms. The van der Waals surface area contributed by atoms with Gasteiger partial charge < -0.3 is 14.8 Å². The van der Waals surface area contributed by atoms with E-state index in [2.05, 4.69) is 10.3 Å². The van der Waals surface area contributed by atoms with Gasteiger partial charge in [0.15, 0.2) is 6.61 Å². The van der Waals surface area contributed by atoms with Crippen LogP contribution in [-0.2, 0) is 20.9 Å². The summed E-state index contributed by atoms with van der Waals surface area (Å²) in [6.07, 6.45) is 1.98. The maximum absolute atomic E-state index is 12.5. The number of pyridine rings is 1. The molecule has 0 atom stereocenters. The number of carbonyl (C=O) groups excluding carboxylic acids is 2. The van der Waals surface area contributed by atoms with Gasteiger partial charge in [0.2, 0.25) is 0 Å². The predicted molar refractivity (Wildman–Crippen MR) is 88.6 cm³/mol. The minimum absolute atomic E-state index is 0.199. The lowest BCUT2D eigenvalue weighted by Crippen LogP contribution is -2.30. The number of nitrogens with one attached hydrogen (secondary N) is 1. The normalized spacial score (nSPS) is 13.8. The predicted octanol–water partition coefficient (Wildman–Crippen LogP) is 2.13. The largest absolute Gasteiger partial charge is 0.452 e. The van der Waals surface area contributed by atoms with Crippen LogP contribution in [0.25, 0.3) is 10.9 Å². The molecule has 1 aromatic carbocycles. The molecule has 1 amide bonds. The second-order valence-corrected chi connectivity index (χ2v) is 5.93. The Morgan fingerprint density at radius 2 is 2.04 bits per heavy atom. The van der Waals surface area contributed by atoms with Crippen LogP contribution in [0.3, 0.4) is 0 Å². The number of hydrogen-bond donors (Lipinski definition) is 1. The third kappa shape index (κ3) is 3.54. The number of fused-ring (bicyclic) bond motifs is 1. The quantitative estimate of drug-likeness (QED) is 0.822. The number of nitrogens with zero attached hydrogens (tertiary/aromatic N) is 1. The van der Waals surface area contributed by atoms with Gasteiger partial charge in [0, 0.05) is 18.5 Å². The zero-order valence-electron chi connectivity index (χ0n) is 13.8. The van der Waals surface area contributed by atoms with Crippen molar-refractivity contribution < 1.29 is 19.1 Å². The number of amides is 1. The summed E-state index contributed by atoms with van der Waals surface area (Å²) in [4.78, 5) is 28.7. The van der Waals surface area contributed by atoms with Gasteiger partial charge in [-0.1, -0.05) is 18.2 Å². The van der Waals surface area contributed by atoms with E-state index in [1.54, 1.807) is 7.11 Å². The molecule has 1 aliphatic carbocycles. The van der Waals surface area contributed by atoms with Crippen molar-refractivity contribution in [3.63, 3.8) is 0 Å². The van der Waals surface area contributed by atoms with E-state index in [9.17, 15) is 9.59 Å². The summed E-state index contributed by atoms with van der Waals surface area (Å²) in [6, 6.07) is 7.82. The fourth-order valence-electron chi connectivity index (χ4n) is 2.65. The van der Waals surface area contributed by atoms with Crippen molar-refractivity contribution in [2.24, 2.45) is 0 Å². The number of benzene rings is 1. The number of methoxy groups -OCH3 is 1. The van der Waals surface area contributed by atoms with Gasteiger partial charge in [-0.3, -0.25) is 4.79 Å². The first-order valence-electron chi connectivity index (χ1n) is 7.93. The summed E-state index contributed by atoms with van der Waals surface area (Å²) in [5.74, 6) is -0.825. The van der Waals surface area contributed by atoms with Crippen LogP contribution < -0.4 is 5.32 Å². The number of esters is 1. The maximum Gasteiger partial charge on any atom is 0.340 e. The second kappa shape index (κ2) is 6.97. The molecule has 0 unspecified atom stereocenters. The van der Waals surface area contributed by atoms with Crippen LogP contribution in [-0.4, -0.2) is 36.6 Å². The monoisotopic (exact) mass is 328 g/mol. The van der Waals surface area contributed by atoms with Crippen molar-refractivity contribution in [1.82, 2.24) is 10.3 Å². The van der Waals surface area contributed by atoms with Crippen LogP contribution in [0.15, 0.2) is 24.3 Å². The van der Waals surface area contributed by atoms with Crippen molar-refractivity contribution in [2.75, 3.05) is 13.7 Å². The number of para-hydroxylation sites is 1. The van der Waals surface area contributed by atoms with E-state index in [0.717, 1.165) is 29.3 Å². The number of hydrogen-bond acceptors (Lipinski definition) is 5. The minimum atomic E-state index is -0.552. The van der Waals surface area contributed by atoms with Crippen molar-refractivity contribution in [2.45, 2.75) is 32.4 Å². The number of aryl methyl sites for hydroxylation is 1. The first-order valence-corrected chi connectivity index (χ1v) is 7.93. The van der Waals surface area contributed by atoms with E-state index in [1.165, 1.54) is 0 Å². The summed E-state index contributed by atoms with van der Waals surface area (Å²) in [5, 5.41) is 3.67. The van der Waals surface area contributed by atoms with Crippen molar-refractivity contribution in [1.29, 1.82) is 0 Å². The summed E-state index contributed by atoms with van der Waals surface area (Å²) in [5.41, 5.74) is 2.46. The van der Waals surface area contributed by atoms with E-state index >= 15 is 0 Å². The molecule has 1 heterocycles. The first-order chi connectivity index (χ1) is 11.6. The molecular weight excluding hydrogens is 308 g/mol. The maximum atomic E-state index is 12.5. The number of aromatic nitrogens is 1. The van der Waals surface area contributed by atoms with Gasteiger partial charge in [0.25, 0.3) is 5.91 Å². The highest BCUT2D eigenvalue weighted by molar-refractivity contribution is 5.99. The van der Waals surface area contributed by atoms with Crippen LogP contribution in [0.2, 0.25) is 0 Å². The second-order valence-electron chi connectivity index (χ2n) is 5.93. The molecule has 0 spiro atoms. The number of rotatable bonds is 6. The summed E-state index contributed by atoms with van der Waals surface area (Å²) in [7, 11) is 1.55. The molecular formula is C18H20N2O4.